The lowest BCUT2D eigenvalue weighted by Gasteiger charge is -2.05. The van der Waals surface area contributed by atoms with Crippen LogP contribution >= 0.6 is 15.9 Å². The number of aromatic nitrogens is 4. The highest BCUT2D eigenvalue weighted by atomic mass is 79.9. The molecule has 3 aromatic rings. The van der Waals surface area contributed by atoms with Gasteiger partial charge in [0.1, 0.15) is 0 Å². The Morgan fingerprint density at radius 3 is 2.72 bits per heavy atom. The molecule has 7 heteroatoms. The van der Waals surface area contributed by atoms with Crippen molar-refractivity contribution in [1.29, 1.82) is 0 Å². The highest BCUT2D eigenvalue weighted by molar-refractivity contribution is 9.10. The fourth-order valence-electron chi connectivity index (χ4n) is 1.79. The van der Waals surface area contributed by atoms with Crippen LogP contribution in [0.1, 0.15) is 0 Å². The number of halogens is 1. The van der Waals surface area contributed by atoms with Crippen molar-refractivity contribution >= 4 is 33.0 Å². The van der Waals surface area contributed by atoms with Crippen LogP contribution in [0.4, 0.5) is 5.95 Å². The van der Waals surface area contributed by atoms with Gasteiger partial charge in [-0.3, -0.25) is 9.36 Å². The summed E-state index contributed by atoms with van der Waals surface area (Å²) in [5.74, 6) is 0.233. The Hall–Kier alpha value is -2.15. The molecule has 6 nitrogen and oxygen atoms in total. The van der Waals surface area contributed by atoms with E-state index in [1.165, 1.54) is 6.33 Å². The van der Waals surface area contributed by atoms with E-state index in [-0.39, 0.29) is 11.5 Å². The van der Waals surface area contributed by atoms with E-state index in [0.29, 0.717) is 11.2 Å². The number of nitrogens with zero attached hydrogens (tertiary/aromatic N) is 3. The molecule has 2 aromatic heterocycles. The molecule has 2 heterocycles. The Morgan fingerprint density at radius 1 is 1.28 bits per heavy atom. The Balaban J connectivity index is 2.38. The first kappa shape index (κ1) is 11.0. The lowest BCUT2D eigenvalue weighted by molar-refractivity contribution is 1.08. The van der Waals surface area contributed by atoms with E-state index in [0.717, 1.165) is 10.2 Å². The molecule has 3 rings (SSSR count). The van der Waals surface area contributed by atoms with Crippen LogP contribution in [0.3, 0.4) is 0 Å². The number of nitrogen functional groups attached to an aromatic ring is 1. The summed E-state index contributed by atoms with van der Waals surface area (Å²) >= 11 is 3.36. The molecular formula is C11H8BrN5O. The molecule has 0 bridgehead atoms. The number of nitrogens with two attached hydrogens (primary N) is 1. The maximum Gasteiger partial charge on any atom is 0.277 e. The van der Waals surface area contributed by atoms with E-state index in [1.54, 1.807) is 4.57 Å². The van der Waals surface area contributed by atoms with Gasteiger partial charge < -0.3 is 10.7 Å². The molecule has 0 aliphatic carbocycles. The van der Waals surface area contributed by atoms with Gasteiger partial charge in [-0.2, -0.15) is 4.98 Å². The van der Waals surface area contributed by atoms with Crippen LogP contribution in [-0.4, -0.2) is 19.5 Å². The third kappa shape index (κ3) is 1.60. The van der Waals surface area contributed by atoms with Gasteiger partial charge >= 0.3 is 0 Å². The van der Waals surface area contributed by atoms with Crippen molar-refractivity contribution in [3.05, 3.63) is 45.4 Å². The fraction of sp³-hybridized carbons (Fsp3) is 0. The summed E-state index contributed by atoms with van der Waals surface area (Å²) < 4.78 is 2.52. The van der Waals surface area contributed by atoms with Gasteiger partial charge in [0, 0.05) is 10.2 Å². The quantitative estimate of drug-likeness (QED) is 0.712. The number of rotatable bonds is 1. The number of fused-ring (bicyclic) bond motifs is 1. The van der Waals surface area contributed by atoms with E-state index in [4.69, 9.17) is 5.73 Å². The number of H-pyrrole nitrogens is 1. The Morgan fingerprint density at radius 2 is 2.00 bits per heavy atom. The van der Waals surface area contributed by atoms with Crippen LogP contribution in [0.25, 0.3) is 16.9 Å². The SMILES string of the molecule is Nc1nc2nc[nH]c(=O)c2n1-c1ccc(Br)cc1. The van der Waals surface area contributed by atoms with Crippen LogP contribution in [0, 0.1) is 0 Å². The Bertz CT molecular complexity index is 774. The van der Waals surface area contributed by atoms with Crippen LogP contribution < -0.4 is 11.3 Å². The van der Waals surface area contributed by atoms with Crippen LogP contribution in [-0.2, 0) is 0 Å². The van der Waals surface area contributed by atoms with Gasteiger partial charge in [-0.05, 0) is 24.3 Å². The zero-order valence-corrected chi connectivity index (χ0v) is 10.7. The smallest absolute Gasteiger partial charge is 0.277 e. The molecular weight excluding hydrogens is 298 g/mol. The molecule has 90 valence electrons. The normalized spacial score (nSPS) is 10.9. The largest absolute Gasteiger partial charge is 0.369 e. The average molecular weight is 306 g/mol. The van der Waals surface area contributed by atoms with Crippen molar-refractivity contribution in [3.8, 4) is 5.69 Å². The molecule has 0 saturated heterocycles. The standard InChI is InChI=1S/C11H8BrN5O/c12-6-1-3-7(4-2-6)17-8-9(16-11(17)13)14-5-15-10(8)18/h1-5H,(H3,13,14,15,16,18). The molecule has 0 atom stereocenters. The van der Waals surface area contributed by atoms with Crippen molar-refractivity contribution < 1.29 is 0 Å². The maximum absolute atomic E-state index is 11.8. The number of hydrogen-bond acceptors (Lipinski definition) is 4. The molecule has 18 heavy (non-hydrogen) atoms. The minimum Gasteiger partial charge on any atom is -0.369 e. The van der Waals surface area contributed by atoms with Crippen molar-refractivity contribution in [1.82, 2.24) is 19.5 Å². The van der Waals surface area contributed by atoms with Gasteiger partial charge in [0.15, 0.2) is 11.2 Å². The van der Waals surface area contributed by atoms with Crippen molar-refractivity contribution in [2.24, 2.45) is 0 Å². The summed E-state index contributed by atoms with van der Waals surface area (Å²) in [7, 11) is 0. The highest BCUT2D eigenvalue weighted by Gasteiger charge is 2.13. The summed E-state index contributed by atoms with van der Waals surface area (Å²) in [5.41, 5.74) is 7.01. The maximum atomic E-state index is 11.8. The van der Waals surface area contributed by atoms with Crippen molar-refractivity contribution in [2.75, 3.05) is 5.73 Å². The minimum atomic E-state index is -0.271. The lowest BCUT2D eigenvalue weighted by Crippen LogP contribution is -2.11. The number of benzene rings is 1. The second-order valence-electron chi connectivity index (χ2n) is 3.69. The molecule has 3 N–H and O–H groups in total. The number of nitrogens with one attached hydrogen (secondary N) is 1. The van der Waals surface area contributed by atoms with E-state index in [9.17, 15) is 4.79 Å². The van der Waals surface area contributed by atoms with Crippen molar-refractivity contribution in [3.63, 3.8) is 0 Å². The monoisotopic (exact) mass is 305 g/mol. The molecule has 0 aliphatic rings. The second kappa shape index (κ2) is 3.95. The fourth-order valence-corrected chi connectivity index (χ4v) is 2.06. The van der Waals surface area contributed by atoms with E-state index in [1.807, 2.05) is 24.3 Å². The second-order valence-corrected chi connectivity index (χ2v) is 4.60. The molecule has 1 aromatic carbocycles. The van der Waals surface area contributed by atoms with E-state index in [2.05, 4.69) is 30.9 Å². The number of anilines is 1. The topological polar surface area (TPSA) is 89.6 Å². The van der Waals surface area contributed by atoms with E-state index < -0.39 is 0 Å². The number of hydrogen-bond donors (Lipinski definition) is 2. The van der Waals surface area contributed by atoms with Gasteiger partial charge in [-0.1, -0.05) is 15.9 Å². The molecule has 0 fully saturated rings. The number of aromatic amines is 1. The van der Waals surface area contributed by atoms with Crippen LogP contribution in [0.15, 0.2) is 39.9 Å². The number of imidazole rings is 1. The van der Waals surface area contributed by atoms with Gasteiger partial charge in [0.25, 0.3) is 5.56 Å². The summed E-state index contributed by atoms with van der Waals surface area (Å²) in [6, 6.07) is 7.42. The zero-order chi connectivity index (χ0) is 12.7. The van der Waals surface area contributed by atoms with E-state index >= 15 is 0 Å². The molecule has 0 radical (unpaired) electrons. The minimum absolute atomic E-state index is 0.233. The Kier molecular flexibility index (Phi) is 2.41. The van der Waals surface area contributed by atoms with Gasteiger partial charge in [0.05, 0.1) is 6.33 Å². The Labute approximate surface area is 110 Å². The first-order valence-corrected chi connectivity index (χ1v) is 5.93. The molecule has 0 unspecified atom stereocenters. The predicted octanol–water partition coefficient (Wildman–Crippen LogP) is 1.45. The third-order valence-corrected chi connectivity index (χ3v) is 3.10. The zero-order valence-electron chi connectivity index (χ0n) is 9.09. The molecule has 0 aliphatic heterocycles. The molecule has 0 saturated carbocycles. The summed E-state index contributed by atoms with van der Waals surface area (Å²) in [5, 5.41) is 0. The first-order valence-electron chi connectivity index (χ1n) is 5.14. The molecule has 0 spiro atoms. The van der Waals surface area contributed by atoms with Crippen LogP contribution in [0.2, 0.25) is 0 Å². The predicted molar refractivity (Wildman–Crippen MR) is 71.6 cm³/mol. The highest BCUT2D eigenvalue weighted by Crippen LogP contribution is 2.20. The third-order valence-electron chi connectivity index (χ3n) is 2.57. The van der Waals surface area contributed by atoms with Crippen LogP contribution in [0.5, 0.6) is 0 Å². The first-order chi connectivity index (χ1) is 8.66. The van der Waals surface area contributed by atoms with Gasteiger partial charge in [-0.15, -0.1) is 0 Å². The van der Waals surface area contributed by atoms with Gasteiger partial charge in [-0.25, -0.2) is 4.98 Å². The molecule has 0 amide bonds. The lowest BCUT2D eigenvalue weighted by atomic mass is 10.3. The summed E-state index contributed by atoms with van der Waals surface area (Å²) in [6.45, 7) is 0. The summed E-state index contributed by atoms with van der Waals surface area (Å²) in [6.07, 6.45) is 1.31. The summed E-state index contributed by atoms with van der Waals surface area (Å²) in [4.78, 5) is 22.4. The van der Waals surface area contributed by atoms with Gasteiger partial charge in [0.2, 0.25) is 5.95 Å². The van der Waals surface area contributed by atoms with Crippen molar-refractivity contribution in [2.45, 2.75) is 0 Å². The average Bonchev–Trinajstić information content (AvgIpc) is 2.68.